The number of carbonyl (C=O) groups excluding carboxylic acids is 1. The summed E-state index contributed by atoms with van der Waals surface area (Å²) in [7, 11) is 4.30. The molecule has 5 rings (SSSR count). The summed E-state index contributed by atoms with van der Waals surface area (Å²) >= 11 is 0. The van der Waals surface area contributed by atoms with E-state index in [2.05, 4.69) is 0 Å². The maximum absolute atomic E-state index is 13.3. The van der Waals surface area contributed by atoms with Crippen LogP contribution in [0.2, 0.25) is 0 Å². The Hall–Kier alpha value is -4.51. The lowest BCUT2D eigenvalue weighted by atomic mass is 9.91. The molecule has 10 heteroatoms. The molecule has 1 aliphatic heterocycles. The van der Waals surface area contributed by atoms with Crippen molar-refractivity contribution in [2.24, 2.45) is 0 Å². The van der Waals surface area contributed by atoms with Gasteiger partial charge in [-0.3, -0.25) is 4.79 Å². The van der Waals surface area contributed by atoms with Gasteiger partial charge >= 0.3 is 0 Å². The van der Waals surface area contributed by atoms with Crippen LogP contribution in [0.4, 0.5) is 0 Å². The number of rotatable bonds is 7. The van der Waals surface area contributed by atoms with E-state index >= 15 is 0 Å². The molecule has 3 aromatic rings. The molecule has 0 amide bonds. The first-order valence-electron chi connectivity index (χ1n) is 13.7. The van der Waals surface area contributed by atoms with Crippen molar-refractivity contribution in [3.63, 3.8) is 0 Å². The summed E-state index contributed by atoms with van der Waals surface area (Å²) < 4.78 is 29.9. The average molecular weight is 591 g/mol. The number of carbonyl (C=O) groups is 1. The van der Waals surface area contributed by atoms with E-state index < -0.39 is 29.9 Å². The van der Waals surface area contributed by atoms with Gasteiger partial charge in [0.1, 0.15) is 0 Å². The smallest absolute Gasteiger partial charge is 0.293 e. The van der Waals surface area contributed by atoms with Crippen LogP contribution >= 0.6 is 0 Å². The molecule has 3 aromatic carbocycles. The van der Waals surface area contributed by atoms with Crippen molar-refractivity contribution in [3.8, 4) is 45.6 Å². The first-order chi connectivity index (χ1) is 20.4. The number of aromatic hydroxyl groups is 1. The van der Waals surface area contributed by atoms with E-state index in [9.17, 15) is 25.2 Å². The number of hydrogen-bond acceptors (Lipinski definition) is 10. The van der Waals surface area contributed by atoms with Crippen LogP contribution in [-0.2, 0) is 4.79 Å². The molecule has 43 heavy (non-hydrogen) atoms. The highest BCUT2D eigenvalue weighted by Gasteiger charge is 2.42. The van der Waals surface area contributed by atoms with E-state index in [0.717, 1.165) is 0 Å². The van der Waals surface area contributed by atoms with E-state index in [0.29, 0.717) is 27.8 Å². The Morgan fingerprint density at radius 2 is 1.09 bits per heavy atom. The second kappa shape index (κ2) is 11.3. The molecule has 0 bridgehead atoms. The number of aliphatic hydroxyl groups excluding tert-OH is 3. The van der Waals surface area contributed by atoms with Crippen LogP contribution in [-0.4, -0.2) is 53.3 Å². The summed E-state index contributed by atoms with van der Waals surface area (Å²) in [4.78, 5) is 13.3. The summed E-state index contributed by atoms with van der Waals surface area (Å²) in [5.74, 6) is -1.39. The van der Waals surface area contributed by atoms with Gasteiger partial charge in [0.25, 0.3) is 5.79 Å². The van der Waals surface area contributed by atoms with Gasteiger partial charge in [0.05, 0.1) is 39.6 Å². The summed E-state index contributed by atoms with van der Waals surface area (Å²) in [5.41, 5.74) is 2.62. The monoisotopic (exact) mass is 590 g/mol. The van der Waals surface area contributed by atoms with E-state index in [1.807, 2.05) is 0 Å². The summed E-state index contributed by atoms with van der Waals surface area (Å²) in [6.45, 7) is 4.80. The van der Waals surface area contributed by atoms with E-state index in [1.165, 1.54) is 51.7 Å². The molecule has 0 fully saturated rings. The molecule has 226 valence electrons. The highest BCUT2D eigenvalue weighted by molar-refractivity contribution is 6.28. The molecule has 0 saturated carbocycles. The van der Waals surface area contributed by atoms with Crippen molar-refractivity contribution in [1.29, 1.82) is 0 Å². The molecule has 3 atom stereocenters. The van der Waals surface area contributed by atoms with E-state index in [1.54, 1.807) is 45.0 Å². The van der Waals surface area contributed by atoms with Crippen LogP contribution in [0.1, 0.15) is 61.3 Å². The van der Waals surface area contributed by atoms with Crippen molar-refractivity contribution in [2.75, 3.05) is 21.3 Å². The Bertz CT molecular complexity index is 1580. The fourth-order valence-electron chi connectivity index (χ4n) is 5.15. The maximum atomic E-state index is 13.3. The Labute approximate surface area is 249 Å². The van der Waals surface area contributed by atoms with Gasteiger partial charge in [0, 0.05) is 34.4 Å². The Balaban J connectivity index is 1.82. The third kappa shape index (κ3) is 5.29. The highest BCUT2D eigenvalue weighted by Crippen LogP contribution is 2.53. The standard InChI is InChI=1S/C33H34O10/c1-16(34)19-9-22(30(38)27(12-19)39-4)25-15-33(8-7-26(25)37)42-31-23(10-20(17(2)35)13-28(31)40-5)24-11-21(18(3)36)14-29(41-6)32(24)43-33/h7-18,34-36,38H,1-6H3. The largest absolute Gasteiger partial charge is 0.504 e. The maximum Gasteiger partial charge on any atom is 0.293 e. The predicted octanol–water partition coefficient (Wildman–Crippen LogP) is 4.93. The average Bonchev–Trinajstić information content (AvgIpc) is 3.11. The van der Waals surface area contributed by atoms with Crippen molar-refractivity contribution < 1.29 is 48.9 Å². The number of methoxy groups -OCH3 is 3. The Morgan fingerprint density at radius 3 is 1.51 bits per heavy atom. The van der Waals surface area contributed by atoms with E-state index in [4.69, 9.17) is 23.7 Å². The Morgan fingerprint density at radius 1 is 0.674 bits per heavy atom. The van der Waals surface area contributed by atoms with Crippen LogP contribution in [0.15, 0.2) is 54.6 Å². The number of phenols is 1. The van der Waals surface area contributed by atoms with Crippen LogP contribution in [0.5, 0.6) is 34.5 Å². The highest BCUT2D eigenvalue weighted by atomic mass is 16.7. The fourth-order valence-corrected chi connectivity index (χ4v) is 5.15. The number of phenolic OH excluding ortho intramolecular Hbond substituents is 1. The topological polar surface area (TPSA) is 144 Å². The van der Waals surface area contributed by atoms with Crippen molar-refractivity contribution in [1.82, 2.24) is 0 Å². The Kier molecular flexibility index (Phi) is 7.87. The van der Waals surface area contributed by atoms with Gasteiger partial charge < -0.3 is 44.1 Å². The molecule has 2 aliphatic rings. The van der Waals surface area contributed by atoms with Crippen LogP contribution in [0.25, 0.3) is 16.7 Å². The van der Waals surface area contributed by atoms with Gasteiger partial charge in [-0.05, 0) is 79.9 Å². The first kappa shape index (κ1) is 30.0. The third-order valence-corrected chi connectivity index (χ3v) is 7.54. The van der Waals surface area contributed by atoms with Crippen molar-refractivity contribution >= 4 is 11.4 Å². The lowest BCUT2D eigenvalue weighted by Gasteiger charge is -2.32. The molecule has 0 saturated heterocycles. The van der Waals surface area contributed by atoms with Gasteiger partial charge in [0.15, 0.2) is 40.3 Å². The van der Waals surface area contributed by atoms with Crippen LogP contribution in [0.3, 0.4) is 0 Å². The molecule has 3 unspecified atom stereocenters. The molecule has 0 aromatic heterocycles. The zero-order valence-corrected chi connectivity index (χ0v) is 24.7. The third-order valence-electron chi connectivity index (χ3n) is 7.54. The second-order valence-corrected chi connectivity index (χ2v) is 10.5. The fraction of sp³-hybridized carbons (Fsp3) is 0.303. The lowest BCUT2D eigenvalue weighted by molar-refractivity contribution is -0.110. The lowest BCUT2D eigenvalue weighted by Crippen LogP contribution is -2.40. The van der Waals surface area contributed by atoms with Gasteiger partial charge in [-0.25, -0.2) is 0 Å². The quantitative estimate of drug-likeness (QED) is 0.299. The summed E-state index contributed by atoms with van der Waals surface area (Å²) in [6.07, 6.45) is 1.53. The number of aliphatic hydroxyl groups is 3. The molecular weight excluding hydrogens is 556 g/mol. The number of allylic oxidation sites excluding steroid dienone is 2. The normalized spacial score (nSPS) is 19.2. The molecule has 10 nitrogen and oxygen atoms in total. The van der Waals surface area contributed by atoms with E-state index in [-0.39, 0.29) is 45.6 Å². The number of benzene rings is 3. The van der Waals surface area contributed by atoms with Crippen LogP contribution < -0.4 is 23.7 Å². The number of hydrogen-bond donors (Lipinski definition) is 4. The molecular formula is C33H34O10. The van der Waals surface area contributed by atoms with Gasteiger partial charge in [-0.2, -0.15) is 0 Å². The van der Waals surface area contributed by atoms with Crippen molar-refractivity contribution in [2.45, 2.75) is 44.9 Å². The minimum atomic E-state index is -1.76. The number of ether oxygens (including phenoxy) is 5. The minimum Gasteiger partial charge on any atom is -0.504 e. The van der Waals surface area contributed by atoms with Crippen molar-refractivity contribution in [3.05, 3.63) is 76.9 Å². The zero-order chi connectivity index (χ0) is 31.2. The zero-order valence-electron chi connectivity index (χ0n) is 24.7. The van der Waals surface area contributed by atoms with Gasteiger partial charge in [-0.15, -0.1) is 0 Å². The van der Waals surface area contributed by atoms with Gasteiger partial charge in [0.2, 0.25) is 0 Å². The SMILES string of the molecule is COc1cc(C(C)O)cc(C2=CC3(C=CC2=O)Oc2c(OC)cc(C(C)O)cc2-c2cc(C(C)O)cc(OC)c2O3)c1O. The predicted molar refractivity (Wildman–Crippen MR) is 158 cm³/mol. The number of fused-ring (bicyclic) bond motifs is 3. The second-order valence-electron chi connectivity index (χ2n) is 10.5. The molecule has 1 heterocycles. The molecule has 0 radical (unpaired) electrons. The number of ketones is 1. The minimum absolute atomic E-state index is 0.0323. The molecule has 1 aliphatic carbocycles. The first-order valence-corrected chi connectivity index (χ1v) is 13.7. The van der Waals surface area contributed by atoms with Gasteiger partial charge in [-0.1, -0.05) is 0 Å². The van der Waals surface area contributed by atoms with Crippen LogP contribution in [0, 0.1) is 0 Å². The summed E-state index contributed by atoms with van der Waals surface area (Å²) in [5, 5.41) is 42.3. The summed E-state index contributed by atoms with van der Waals surface area (Å²) in [6, 6.07) is 9.75. The molecule has 4 N–H and O–H groups in total. The molecule has 1 spiro atoms.